The van der Waals surface area contributed by atoms with Crippen LogP contribution in [0.3, 0.4) is 0 Å². The van der Waals surface area contributed by atoms with E-state index >= 15 is 0 Å². The van der Waals surface area contributed by atoms with Gasteiger partial charge in [0.25, 0.3) is 5.91 Å². The fourth-order valence-electron chi connectivity index (χ4n) is 5.63. The minimum Gasteiger partial charge on any atom is -0.484 e. The zero-order chi connectivity index (χ0) is 24.5. The molecule has 3 saturated carbocycles. The normalized spacial score (nSPS) is 30.4. The Morgan fingerprint density at radius 3 is 2.79 bits per heavy atom. The van der Waals surface area contributed by atoms with Crippen LogP contribution in [-0.4, -0.2) is 53.3 Å². The molecular formula is C25H35ClFN3O4. The molecule has 188 valence electrons. The zero-order valence-corrected chi connectivity index (χ0v) is 20.6. The van der Waals surface area contributed by atoms with Gasteiger partial charge in [-0.05, 0) is 89.3 Å². The van der Waals surface area contributed by atoms with E-state index in [4.69, 9.17) is 16.3 Å². The molecule has 5 rings (SSSR count). The molecule has 4 N–H and O–H groups in total. The lowest BCUT2D eigenvalue weighted by molar-refractivity contribution is -0.127. The first-order chi connectivity index (χ1) is 16.0. The highest BCUT2D eigenvalue weighted by molar-refractivity contribution is 6.30. The number of fused-ring (bicyclic) bond motifs is 1. The number of amides is 2. The second-order valence-corrected chi connectivity index (χ2v) is 11.3. The van der Waals surface area contributed by atoms with Crippen molar-refractivity contribution in [2.45, 2.75) is 82.0 Å². The van der Waals surface area contributed by atoms with E-state index in [2.05, 4.69) is 16.0 Å². The molecule has 1 heterocycles. The van der Waals surface area contributed by atoms with E-state index in [1.54, 1.807) is 0 Å². The summed E-state index contributed by atoms with van der Waals surface area (Å²) in [5, 5.41) is 19.6. The molecule has 1 aliphatic heterocycles. The van der Waals surface area contributed by atoms with Gasteiger partial charge in [-0.1, -0.05) is 11.6 Å². The van der Waals surface area contributed by atoms with Crippen molar-refractivity contribution in [1.82, 2.24) is 16.0 Å². The number of hydrogen-bond acceptors (Lipinski definition) is 5. The van der Waals surface area contributed by atoms with Crippen molar-refractivity contribution in [2.75, 3.05) is 13.2 Å². The molecule has 2 amide bonds. The van der Waals surface area contributed by atoms with Crippen LogP contribution >= 0.6 is 11.6 Å². The van der Waals surface area contributed by atoms with Crippen LogP contribution in [0.1, 0.15) is 58.8 Å². The zero-order valence-electron chi connectivity index (χ0n) is 19.8. The molecule has 0 aromatic heterocycles. The third-order valence-corrected chi connectivity index (χ3v) is 7.78. The Kier molecular flexibility index (Phi) is 7.41. The molecule has 2 bridgehead atoms. The van der Waals surface area contributed by atoms with E-state index in [9.17, 15) is 19.1 Å². The van der Waals surface area contributed by atoms with Gasteiger partial charge in [0, 0.05) is 17.6 Å². The third kappa shape index (κ3) is 6.20. The van der Waals surface area contributed by atoms with Gasteiger partial charge in [0.2, 0.25) is 5.91 Å². The second kappa shape index (κ2) is 9.99. The van der Waals surface area contributed by atoms with Crippen LogP contribution < -0.4 is 20.7 Å². The summed E-state index contributed by atoms with van der Waals surface area (Å²) in [6, 6.07) is 3.85. The first-order valence-electron chi connectivity index (χ1n) is 12.2. The van der Waals surface area contributed by atoms with Crippen LogP contribution in [0.2, 0.25) is 5.02 Å². The summed E-state index contributed by atoms with van der Waals surface area (Å²) < 4.78 is 18.9. The number of benzene rings is 1. The van der Waals surface area contributed by atoms with Gasteiger partial charge in [0.15, 0.2) is 6.61 Å². The van der Waals surface area contributed by atoms with E-state index in [-0.39, 0.29) is 46.8 Å². The van der Waals surface area contributed by atoms with E-state index in [0.29, 0.717) is 18.3 Å². The molecule has 9 heteroatoms. The fraction of sp³-hybridized carbons (Fsp3) is 0.680. The SMILES string of the molecule is CC(C)(O)CCC1CCNC(C(=O)NC23CC(C2)[C@@H](NC(=O)COc2ccc(Cl)c(F)c2)C3)C1. The van der Waals surface area contributed by atoms with Crippen LogP contribution in [0.15, 0.2) is 18.2 Å². The summed E-state index contributed by atoms with van der Waals surface area (Å²) in [6.07, 6.45) is 5.88. The molecule has 0 radical (unpaired) electrons. The number of hydrogen-bond donors (Lipinski definition) is 4. The quantitative estimate of drug-likeness (QED) is 0.422. The Morgan fingerprint density at radius 2 is 2.09 bits per heavy atom. The predicted molar refractivity (Wildman–Crippen MR) is 127 cm³/mol. The molecule has 3 aliphatic carbocycles. The van der Waals surface area contributed by atoms with Gasteiger partial charge in [-0.25, -0.2) is 4.39 Å². The van der Waals surface area contributed by atoms with Crippen LogP contribution in [0.5, 0.6) is 5.75 Å². The molecule has 7 nitrogen and oxygen atoms in total. The number of carbonyl (C=O) groups is 2. The van der Waals surface area contributed by atoms with Gasteiger partial charge in [-0.2, -0.15) is 0 Å². The van der Waals surface area contributed by atoms with Crippen molar-refractivity contribution in [3.8, 4) is 5.75 Å². The Hall–Kier alpha value is -1.90. The third-order valence-electron chi connectivity index (χ3n) is 7.47. The van der Waals surface area contributed by atoms with E-state index < -0.39 is 11.4 Å². The Labute approximate surface area is 205 Å². The van der Waals surface area contributed by atoms with E-state index in [1.165, 1.54) is 12.1 Å². The monoisotopic (exact) mass is 495 g/mol. The molecule has 4 aliphatic rings. The van der Waals surface area contributed by atoms with Crippen LogP contribution in [0, 0.1) is 17.7 Å². The van der Waals surface area contributed by atoms with Crippen LogP contribution in [-0.2, 0) is 9.59 Å². The van der Waals surface area contributed by atoms with Crippen molar-refractivity contribution in [2.24, 2.45) is 11.8 Å². The first-order valence-corrected chi connectivity index (χ1v) is 12.5. The highest BCUT2D eigenvalue weighted by Crippen LogP contribution is 2.52. The van der Waals surface area contributed by atoms with Crippen molar-refractivity contribution in [3.63, 3.8) is 0 Å². The highest BCUT2D eigenvalue weighted by atomic mass is 35.5. The largest absolute Gasteiger partial charge is 0.484 e. The Balaban J connectivity index is 1.21. The van der Waals surface area contributed by atoms with Gasteiger partial charge < -0.3 is 25.8 Å². The van der Waals surface area contributed by atoms with Gasteiger partial charge in [-0.15, -0.1) is 0 Å². The molecule has 3 atom stereocenters. The summed E-state index contributed by atoms with van der Waals surface area (Å²) in [5.74, 6) is 0.197. The molecule has 0 spiro atoms. The lowest BCUT2D eigenvalue weighted by atomic mass is 9.76. The lowest BCUT2D eigenvalue weighted by Crippen LogP contribution is -2.58. The molecule has 4 fully saturated rings. The molecule has 34 heavy (non-hydrogen) atoms. The maximum absolute atomic E-state index is 13.5. The van der Waals surface area contributed by atoms with Crippen molar-refractivity contribution >= 4 is 23.4 Å². The summed E-state index contributed by atoms with van der Waals surface area (Å²) in [7, 11) is 0. The summed E-state index contributed by atoms with van der Waals surface area (Å²) in [4.78, 5) is 25.4. The van der Waals surface area contributed by atoms with Gasteiger partial charge in [0.1, 0.15) is 11.6 Å². The van der Waals surface area contributed by atoms with Crippen molar-refractivity contribution in [1.29, 1.82) is 0 Å². The number of piperidine rings is 1. The number of carbonyl (C=O) groups excluding carboxylic acids is 2. The average Bonchev–Trinajstić information content (AvgIpc) is 3.26. The van der Waals surface area contributed by atoms with E-state index in [0.717, 1.165) is 51.1 Å². The number of rotatable bonds is 9. The summed E-state index contributed by atoms with van der Waals surface area (Å²) in [6.45, 7) is 4.24. The highest BCUT2D eigenvalue weighted by Gasteiger charge is 2.57. The standard InChI is InChI=1S/C25H35ClFN3O4/c1-24(2,33)7-5-15-6-8-28-20(9-15)23(32)30-25-11-16(12-25)21(13-25)29-22(31)14-34-17-3-4-18(26)19(27)10-17/h3-4,10,15-16,20-21,28,33H,5-9,11-14H2,1-2H3,(H,29,31)(H,30,32)/t15?,16?,20?,21-,25?/m0/s1. The summed E-state index contributed by atoms with van der Waals surface area (Å²) >= 11 is 5.66. The molecule has 1 aromatic carbocycles. The van der Waals surface area contributed by atoms with Crippen LogP contribution in [0.25, 0.3) is 0 Å². The lowest BCUT2D eigenvalue weighted by Gasteiger charge is -2.41. The maximum Gasteiger partial charge on any atom is 0.258 e. The second-order valence-electron chi connectivity index (χ2n) is 10.9. The fourth-order valence-corrected chi connectivity index (χ4v) is 5.75. The number of nitrogens with one attached hydrogen (secondary N) is 3. The molecular weight excluding hydrogens is 461 g/mol. The minimum atomic E-state index is -0.679. The van der Waals surface area contributed by atoms with Gasteiger partial charge in [0.05, 0.1) is 16.7 Å². The molecule has 2 unspecified atom stereocenters. The Bertz CT molecular complexity index is 916. The Morgan fingerprint density at radius 1 is 1.32 bits per heavy atom. The minimum absolute atomic E-state index is 0.00259. The number of halogens is 2. The summed E-state index contributed by atoms with van der Waals surface area (Å²) in [5.41, 5.74) is -0.927. The predicted octanol–water partition coefficient (Wildman–Crippen LogP) is 2.93. The van der Waals surface area contributed by atoms with Gasteiger partial charge >= 0.3 is 0 Å². The topological polar surface area (TPSA) is 99.7 Å². The number of aliphatic hydroxyl groups is 1. The van der Waals surface area contributed by atoms with Crippen molar-refractivity contribution < 1.29 is 23.8 Å². The molecule has 1 saturated heterocycles. The van der Waals surface area contributed by atoms with Gasteiger partial charge in [-0.3, -0.25) is 9.59 Å². The smallest absolute Gasteiger partial charge is 0.258 e. The number of ether oxygens (including phenoxy) is 1. The van der Waals surface area contributed by atoms with E-state index in [1.807, 2.05) is 13.8 Å². The molecule has 1 aromatic rings. The van der Waals surface area contributed by atoms with Crippen molar-refractivity contribution in [3.05, 3.63) is 29.0 Å². The average molecular weight is 496 g/mol. The maximum atomic E-state index is 13.5. The first kappa shape index (κ1) is 25.2. The van der Waals surface area contributed by atoms with Crippen LogP contribution in [0.4, 0.5) is 4.39 Å².